The molecule has 2 aliphatic carbocycles. The Morgan fingerprint density at radius 1 is 1.44 bits per heavy atom. The van der Waals surface area contributed by atoms with Gasteiger partial charge in [0, 0.05) is 12.6 Å². The summed E-state index contributed by atoms with van der Waals surface area (Å²) in [6.45, 7) is 2.79. The number of hydrogen-bond acceptors (Lipinski definition) is 2. The number of carbonyl (C=O) groups excluding carboxylic acids is 1. The van der Waals surface area contributed by atoms with Gasteiger partial charge in [-0.1, -0.05) is 29.8 Å². The Balaban J connectivity index is 1.76. The Bertz CT molecular complexity index is 475. The van der Waals surface area contributed by atoms with Crippen molar-refractivity contribution in [2.75, 3.05) is 0 Å². The zero-order valence-corrected chi connectivity index (χ0v) is 10.9. The summed E-state index contributed by atoms with van der Waals surface area (Å²) in [5.74, 6) is 0.159. The standard InChI is InChI=1S/C15H20N2O/c1-11-3-2-4-12(9-11)10-17(13-5-6-13)14(18)15(16)7-8-15/h2-4,9,13H,5-8,10,16H2,1H3. The van der Waals surface area contributed by atoms with E-state index < -0.39 is 5.54 Å². The Kier molecular flexibility index (Phi) is 2.67. The summed E-state index contributed by atoms with van der Waals surface area (Å²) in [7, 11) is 0. The molecule has 0 radical (unpaired) electrons. The summed E-state index contributed by atoms with van der Waals surface area (Å²) in [5, 5.41) is 0. The summed E-state index contributed by atoms with van der Waals surface area (Å²) >= 11 is 0. The SMILES string of the molecule is Cc1cccc(CN(C(=O)C2(N)CC2)C2CC2)c1. The largest absolute Gasteiger partial charge is 0.334 e. The minimum Gasteiger partial charge on any atom is -0.334 e. The summed E-state index contributed by atoms with van der Waals surface area (Å²) in [4.78, 5) is 14.4. The highest BCUT2D eigenvalue weighted by atomic mass is 16.2. The van der Waals surface area contributed by atoms with Crippen molar-refractivity contribution in [2.24, 2.45) is 5.73 Å². The first-order valence-corrected chi connectivity index (χ1v) is 6.74. The molecule has 96 valence electrons. The maximum absolute atomic E-state index is 12.4. The van der Waals surface area contributed by atoms with Gasteiger partial charge in [0.25, 0.3) is 0 Å². The minimum absolute atomic E-state index is 0.159. The van der Waals surface area contributed by atoms with Crippen LogP contribution >= 0.6 is 0 Å². The van der Waals surface area contributed by atoms with Gasteiger partial charge in [0.15, 0.2) is 0 Å². The van der Waals surface area contributed by atoms with Crippen LogP contribution in [0.3, 0.4) is 0 Å². The Morgan fingerprint density at radius 2 is 2.17 bits per heavy atom. The average Bonchev–Trinajstić information content (AvgIpc) is 3.21. The monoisotopic (exact) mass is 244 g/mol. The number of hydrogen-bond donors (Lipinski definition) is 1. The summed E-state index contributed by atoms with van der Waals surface area (Å²) in [6.07, 6.45) is 3.97. The molecule has 0 bridgehead atoms. The van der Waals surface area contributed by atoms with E-state index >= 15 is 0 Å². The molecular formula is C15H20N2O. The maximum atomic E-state index is 12.4. The van der Waals surface area contributed by atoms with Crippen LogP contribution < -0.4 is 5.73 Å². The molecule has 3 heteroatoms. The topological polar surface area (TPSA) is 46.3 Å². The smallest absolute Gasteiger partial charge is 0.243 e. The molecule has 0 spiro atoms. The molecular weight excluding hydrogens is 224 g/mol. The molecule has 3 nitrogen and oxygen atoms in total. The van der Waals surface area contributed by atoms with Crippen LogP contribution in [0, 0.1) is 6.92 Å². The van der Waals surface area contributed by atoms with Gasteiger partial charge in [-0.25, -0.2) is 0 Å². The third-order valence-corrected chi connectivity index (χ3v) is 3.90. The average molecular weight is 244 g/mol. The van der Waals surface area contributed by atoms with Crippen LogP contribution in [0.5, 0.6) is 0 Å². The molecule has 1 aromatic carbocycles. The fraction of sp³-hybridized carbons (Fsp3) is 0.533. The highest BCUT2D eigenvalue weighted by Crippen LogP contribution is 2.38. The van der Waals surface area contributed by atoms with E-state index in [9.17, 15) is 4.79 Å². The van der Waals surface area contributed by atoms with Gasteiger partial charge in [-0.3, -0.25) is 4.79 Å². The first-order valence-electron chi connectivity index (χ1n) is 6.74. The van der Waals surface area contributed by atoms with Crippen molar-refractivity contribution in [2.45, 2.75) is 50.7 Å². The van der Waals surface area contributed by atoms with Crippen molar-refractivity contribution >= 4 is 5.91 Å². The maximum Gasteiger partial charge on any atom is 0.243 e. The third-order valence-electron chi connectivity index (χ3n) is 3.90. The van der Waals surface area contributed by atoms with Crippen LogP contribution in [0.4, 0.5) is 0 Å². The highest BCUT2D eigenvalue weighted by Gasteiger charge is 2.50. The second-order valence-electron chi connectivity index (χ2n) is 5.81. The second-order valence-corrected chi connectivity index (χ2v) is 5.81. The molecule has 3 rings (SSSR count). The van der Waals surface area contributed by atoms with Gasteiger partial charge in [-0.15, -0.1) is 0 Å². The van der Waals surface area contributed by atoms with E-state index in [0.29, 0.717) is 12.6 Å². The lowest BCUT2D eigenvalue weighted by atomic mass is 10.1. The summed E-state index contributed by atoms with van der Waals surface area (Å²) in [6, 6.07) is 8.80. The normalized spacial score (nSPS) is 20.6. The number of rotatable bonds is 4. The zero-order chi connectivity index (χ0) is 12.8. The van der Waals surface area contributed by atoms with Crippen LogP contribution in [0.15, 0.2) is 24.3 Å². The van der Waals surface area contributed by atoms with Gasteiger partial charge in [-0.05, 0) is 38.2 Å². The van der Waals surface area contributed by atoms with Gasteiger partial charge >= 0.3 is 0 Å². The summed E-state index contributed by atoms with van der Waals surface area (Å²) < 4.78 is 0. The lowest BCUT2D eigenvalue weighted by molar-refractivity contribution is -0.134. The molecule has 2 N–H and O–H groups in total. The predicted octanol–water partition coefficient (Wildman–Crippen LogP) is 1.98. The molecule has 0 saturated heterocycles. The molecule has 18 heavy (non-hydrogen) atoms. The third kappa shape index (κ3) is 2.27. The number of amides is 1. The second kappa shape index (κ2) is 4.09. The van der Waals surface area contributed by atoms with E-state index in [1.165, 1.54) is 11.1 Å². The fourth-order valence-electron chi connectivity index (χ4n) is 2.39. The molecule has 0 aromatic heterocycles. The number of benzene rings is 1. The number of carbonyl (C=O) groups is 1. The quantitative estimate of drug-likeness (QED) is 0.880. The molecule has 0 atom stereocenters. The molecule has 0 unspecified atom stereocenters. The highest BCUT2D eigenvalue weighted by molar-refractivity contribution is 5.89. The van der Waals surface area contributed by atoms with Crippen molar-refractivity contribution in [1.82, 2.24) is 4.90 Å². The first kappa shape index (κ1) is 11.7. The molecule has 2 aliphatic rings. The van der Waals surface area contributed by atoms with Crippen molar-refractivity contribution in [3.8, 4) is 0 Å². The van der Waals surface area contributed by atoms with Gasteiger partial charge < -0.3 is 10.6 Å². The van der Waals surface area contributed by atoms with E-state index in [1.54, 1.807) is 0 Å². The van der Waals surface area contributed by atoms with Crippen molar-refractivity contribution in [3.05, 3.63) is 35.4 Å². The Labute approximate surface area is 108 Å². The molecule has 2 fully saturated rings. The van der Waals surface area contributed by atoms with E-state index in [1.807, 2.05) is 4.90 Å². The van der Waals surface area contributed by atoms with Gasteiger partial charge in [0.05, 0.1) is 5.54 Å². The predicted molar refractivity (Wildman–Crippen MR) is 70.9 cm³/mol. The number of nitrogens with zero attached hydrogens (tertiary/aromatic N) is 1. The molecule has 1 amide bonds. The van der Waals surface area contributed by atoms with Crippen molar-refractivity contribution in [3.63, 3.8) is 0 Å². The van der Waals surface area contributed by atoms with E-state index in [-0.39, 0.29) is 5.91 Å². The molecule has 0 heterocycles. The number of nitrogens with two attached hydrogens (primary N) is 1. The van der Waals surface area contributed by atoms with E-state index in [2.05, 4.69) is 31.2 Å². The lowest BCUT2D eigenvalue weighted by Gasteiger charge is -2.25. The molecule has 0 aliphatic heterocycles. The molecule has 2 saturated carbocycles. The first-order chi connectivity index (χ1) is 8.58. The Hall–Kier alpha value is -1.35. The van der Waals surface area contributed by atoms with Crippen molar-refractivity contribution in [1.29, 1.82) is 0 Å². The summed E-state index contributed by atoms with van der Waals surface area (Å²) in [5.41, 5.74) is 7.96. The minimum atomic E-state index is -0.535. The zero-order valence-electron chi connectivity index (χ0n) is 10.9. The number of aryl methyl sites for hydroxylation is 1. The van der Waals surface area contributed by atoms with Gasteiger partial charge in [-0.2, -0.15) is 0 Å². The van der Waals surface area contributed by atoms with Crippen LogP contribution in [-0.2, 0) is 11.3 Å². The van der Waals surface area contributed by atoms with Gasteiger partial charge in [0.2, 0.25) is 5.91 Å². The Morgan fingerprint density at radius 3 is 2.72 bits per heavy atom. The van der Waals surface area contributed by atoms with Gasteiger partial charge in [0.1, 0.15) is 0 Å². The lowest BCUT2D eigenvalue weighted by Crippen LogP contribution is -2.46. The van der Waals surface area contributed by atoms with Crippen LogP contribution in [0.25, 0.3) is 0 Å². The van der Waals surface area contributed by atoms with Crippen LogP contribution in [0.2, 0.25) is 0 Å². The van der Waals surface area contributed by atoms with E-state index in [0.717, 1.165) is 25.7 Å². The van der Waals surface area contributed by atoms with Crippen molar-refractivity contribution < 1.29 is 4.79 Å². The molecule has 1 aromatic rings. The van der Waals surface area contributed by atoms with Crippen LogP contribution in [-0.4, -0.2) is 22.4 Å². The van der Waals surface area contributed by atoms with Crippen LogP contribution in [0.1, 0.15) is 36.8 Å². The van der Waals surface area contributed by atoms with E-state index in [4.69, 9.17) is 5.73 Å². The fourth-order valence-corrected chi connectivity index (χ4v) is 2.39.